The summed E-state index contributed by atoms with van der Waals surface area (Å²) in [7, 11) is 1.76. The summed E-state index contributed by atoms with van der Waals surface area (Å²) in [5, 5.41) is 4.62. The van der Waals surface area contributed by atoms with Crippen molar-refractivity contribution in [1.82, 2.24) is 9.78 Å². The van der Waals surface area contributed by atoms with Crippen molar-refractivity contribution >= 4 is 23.2 Å². The van der Waals surface area contributed by atoms with E-state index >= 15 is 0 Å². The number of aromatic nitrogens is 2. The SMILES string of the molecule is Cc1cc(C(=O)CC(=O)c2ccc(Cl)cc2)nn1C. The van der Waals surface area contributed by atoms with Crippen molar-refractivity contribution < 1.29 is 9.59 Å². The second kappa shape index (κ2) is 5.36. The minimum Gasteiger partial charge on any atom is -0.294 e. The topological polar surface area (TPSA) is 52.0 Å². The van der Waals surface area contributed by atoms with Crippen molar-refractivity contribution in [2.45, 2.75) is 13.3 Å². The van der Waals surface area contributed by atoms with Crippen molar-refractivity contribution in [3.05, 3.63) is 52.3 Å². The Labute approximate surface area is 116 Å². The Balaban J connectivity index is 2.10. The van der Waals surface area contributed by atoms with Gasteiger partial charge in [-0.15, -0.1) is 0 Å². The number of carbonyl (C=O) groups is 2. The van der Waals surface area contributed by atoms with Gasteiger partial charge in [0.2, 0.25) is 0 Å². The van der Waals surface area contributed by atoms with Crippen LogP contribution in [-0.4, -0.2) is 21.3 Å². The maximum absolute atomic E-state index is 11.9. The molecule has 0 aliphatic carbocycles. The smallest absolute Gasteiger partial charge is 0.190 e. The molecule has 0 spiro atoms. The predicted molar refractivity (Wildman–Crippen MR) is 72.7 cm³/mol. The molecule has 98 valence electrons. The van der Waals surface area contributed by atoms with Crippen LogP contribution >= 0.6 is 11.6 Å². The number of halogens is 1. The first-order valence-corrected chi connectivity index (χ1v) is 6.18. The van der Waals surface area contributed by atoms with Gasteiger partial charge in [0.15, 0.2) is 11.6 Å². The molecule has 0 unspecified atom stereocenters. The summed E-state index contributed by atoms with van der Waals surface area (Å²) in [6, 6.07) is 8.16. The molecule has 0 saturated carbocycles. The molecular weight excluding hydrogens is 264 g/mol. The molecule has 4 nitrogen and oxygen atoms in total. The first-order valence-electron chi connectivity index (χ1n) is 5.80. The zero-order valence-corrected chi connectivity index (χ0v) is 11.4. The Morgan fingerprint density at radius 1 is 1.21 bits per heavy atom. The highest BCUT2D eigenvalue weighted by atomic mass is 35.5. The number of aryl methyl sites for hydroxylation is 2. The van der Waals surface area contributed by atoms with Gasteiger partial charge in [0.25, 0.3) is 0 Å². The van der Waals surface area contributed by atoms with Crippen LogP contribution in [0.25, 0.3) is 0 Å². The Morgan fingerprint density at radius 2 is 1.84 bits per heavy atom. The molecule has 0 aliphatic rings. The fourth-order valence-electron chi connectivity index (χ4n) is 1.67. The molecule has 0 fully saturated rings. The van der Waals surface area contributed by atoms with E-state index in [0.29, 0.717) is 16.3 Å². The number of nitrogens with zero attached hydrogens (tertiary/aromatic N) is 2. The predicted octanol–water partition coefficient (Wildman–Crippen LogP) is 2.84. The fourth-order valence-corrected chi connectivity index (χ4v) is 1.80. The highest BCUT2D eigenvalue weighted by Gasteiger charge is 2.16. The van der Waals surface area contributed by atoms with Crippen molar-refractivity contribution in [3.8, 4) is 0 Å². The van der Waals surface area contributed by atoms with Crippen LogP contribution in [0.1, 0.15) is 33.0 Å². The molecule has 1 aromatic carbocycles. The van der Waals surface area contributed by atoms with Gasteiger partial charge in [0.1, 0.15) is 5.69 Å². The summed E-state index contributed by atoms with van der Waals surface area (Å²) >= 11 is 5.75. The van der Waals surface area contributed by atoms with Gasteiger partial charge < -0.3 is 0 Å². The number of rotatable bonds is 4. The number of ketones is 2. The Morgan fingerprint density at radius 3 is 2.37 bits per heavy atom. The summed E-state index contributed by atoms with van der Waals surface area (Å²) in [5.74, 6) is -0.506. The molecule has 19 heavy (non-hydrogen) atoms. The molecule has 1 heterocycles. The van der Waals surface area contributed by atoms with Crippen LogP contribution < -0.4 is 0 Å². The summed E-state index contributed by atoms with van der Waals surface area (Å²) in [5.41, 5.74) is 1.68. The molecular formula is C14H13ClN2O2. The molecule has 0 aliphatic heterocycles. The van der Waals surface area contributed by atoms with Gasteiger partial charge in [-0.3, -0.25) is 14.3 Å². The third-order valence-corrected chi connectivity index (χ3v) is 3.14. The summed E-state index contributed by atoms with van der Waals surface area (Å²) in [4.78, 5) is 23.9. The summed E-state index contributed by atoms with van der Waals surface area (Å²) < 4.78 is 1.61. The molecule has 1 aromatic heterocycles. The first-order chi connectivity index (χ1) is 8.97. The minimum atomic E-state index is -0.274. The van der Waals surface area contributed by atoms with E-state index in [-0.39, 0.29) is 18.0 Å². The van der Waals surface area contributed by atoms with Gasteiger partial charge >= 0.3 is 0 Å². The van der Waals surface area contributed by atoms with E-state index in [4.69, 9.17) is 11.6 Å². The molecule has 0 N–H and O–H groups in total. The van der Waals surface area contributed by atoms with E-state index in [1.807, 2.05) is 6.92 Å². The second-order valence-corrected chi connectivity index (χ2v) is 4.76. The summed E-state index contributed by atoms with van der Waals surface area (Å²) in [6.07, 6.45) is -0.182. The Bertz CT molecular complexity index is 610. The molecule has 2 rings (SSSR count). The van der Waals surface area contributed by atoms with E-state index < -0.39 is 0 Å². The minimum absolute atomic E-state index is 0.182. The number of Topliss-reactive ketones (excluding diaryl/α,β-unsaturated/α-hetero) is 2. The summed E-state index contributed by atoms with van der Waals surface area (Å²) in [6.45, 7) is 1.85. The van der Waals surface area contributed by atoms with E-state index in [1.54, 1.807) is 42.1 Å². The number of hydrogen-bond donors (Lipinski definition) is 0. The van der Waals surface area contributed by atoms with Gasteiger partial charge in [-0.05, 0) is 37.3 Å². The molecule has 0 bridgehead atoms. The largest absolute Gasteiger partial charge is 0.294 e. The lowest BCUT2D eigenvalue weighted by Crippen LogP contribution is -2.09. The number of carbonyl (C=O) groups excluding carboxylic acids is 2. The molecule has 0 amide bonds. The first kappa shape index (κ1) is 13.5. The van der Waals surface area contributed by atoms with Gasteiger partial charge in [-0.25, -0.2) is 0 Å². The maximum Gasteiger partial charge on any atom is 0.190 e. The molecule has 0 saturated heterocycles. The number of benzene rings is 1. The van der Waals surface area contributed by atoms with E-state index in [0.717, 1.165) is 5.69 Å². The Hall–Kier alpha value is -1.94. The lowest BCUT2D eigenvalue weighted by atomic mass is 10.0. The van der Waals surface area contributed by atoms with Gasteiger partial charge in [-0.2, -0.15) is 5.10 Å². The van der Waals surface area contributed by atoms with E-state index in [1.165, 1.54) is 0 Å². The average molecular weight is 277 g/mol. The third kappa shape index (κ3) is 3.09. The third-order valence-electron chi connectivity index (χ3n) is 2.89. The lowest BCUT2D eigenvalue weighted by molar-refractivity contribution is 0.0891. The lowest BCUT2D eigenvalue weighted by Gasteiger charge is -1.99. The van der Waals surface area contributed by atoms with Crippen LogP contribution in [0, 0.1) is 6.92 Å². The quantitative estimate of drug-likeness (QED) is 0.637. The molecule has 0 atom stereocenters. The Kier molecular flexibility index (Phi) is 3.81. The van der Waals surface area contributed by atoms with Crippen LogP contribution in [-0.2, 0) is 7.05 Å². The highest BCUT2D eigenvalue weighted by molar-refractivity contribution is 6.30. The second-order valence-electron chi connectivity index (χ2n) is 4.32. The normalized spacial score (nSPS) is 10.5. The van der Waals surface area contributed by atoms with Gasteiger partial charge in [0.05, 0.1) is 6.42 Å². The van der Waals surface area contributed by atoms with E-state index in [2.05, 4.69) is 5.10 Å². The zero-order valence-electron chi connectivity index (χ0n) is 10.7. The molecule has 0 radical (unpaired) electrons. The van der Waals surface area contributed by atoms with Crippen molar-refractivity contribution in [2.24, 2.45) is 7.05 Å². The van der Waals surface area contributed by atoms with Crippen molar-refractivity contribution in [3.63, 3.8) is 0 Å². The van der Waals surface area contributed by atoms with Crippen LogP contribution in [0.15, 0.2) is 30.3 Å². The zero-order chi connectivity index (χ0) is 14.0. The van der Waals surface area contributed by atoms with Crippen molar-refractivity contribution in [1.29, 1.82) is 0 Å². The van der Waals surface area contributed by atoms with Gasteiger partial charge in [0, 0.05) is 23.3 Å². The van der Waals surface area contributed by atoms with Crippen molar-refractivity contribution in [2.75, 3.05) is 0 Å². The fraction of sp³-hybridized carbons (Fsp3) is 0.214. The van der Waals surface area contributed by atoms with Crippen LogP contribution in [0.5, 0.6) is 0 Å². The van der Waals surface area contributed by atoms with E-state index in [9.17, 15) is 9.59 Å². The highest BCUT2D eigenvalue weighted by Crippen LogP contribution is 2.13. The average Bonchev–Trinajstić information content (AvgIpc) is 2.70. The monoisotopic (exact) mass is 276 g/mol. The maximum atomic E-state index is 11.9. The standard InChI is InChI=1S/C14H13ClN2O2/c1-9-7-12(16-17(9)2)14(19)8-13(18)10-3-5-11(15)6-4-10/h3-7H,8H2,1-2H3. The number of hydrogen-bond acceptors (Lipinski definition) is 3. The van der Waals surface area contributed by atoms with Gasteiger partial charge in [-0.1, -0.05) is 11.6 Å². The van der Waals surface area contributed by atoms with Crippen LogP contribution in [0.2, 0.25) is 5.02 Å². The molecule has 5 heteroatoms. The van der Waals surface area contributed by atoms with Crippen LogP contribution in [0.3, 0.4) is 0 Å². The molecule has 2 aromatic rings. The van der Waals surface area contributed by atoms with Crippen LogP contribution in [0.4, 0.5) is 0 Å².